The van der Waals surface area contributed by atoms with Crippen molar-refractivity contribution in [2.24, 2.45) is 11.8 Å². The molecule has 1 aliphatic rings. The molecule has 316 valence electrons. The van der Waals surface area contributed by atoms with Crippen LogP contribution in [-0.2, 0) is 63.8 Å². The molecule has 0 saturated heterocycles. The molecule has 0 N–H and O–H groups in total. The van der Waals surface area contributed by atoms with Crippen LogP contribution in [-0.4, -0.2) is 72.6 Å². The Morgan fingerprint density at radius 1 is 0.789 bits per heavy atom. The molecular formula is C49H72O8. The molecule has 0 radical (unpaired) electrons. The van der Waals surface area contributed by atoms with Gasteiger partial charge in [-0.25, -0.2) is 4.79 Å². The van der Waals surface area contributed by atoms with Crippen LogP contribution in [0.1, 0.15) is 131 Å². The summed E-state index contributed by atoms with van der Waals surface area (Å²) in [6.07, 6.45) is 16.9. The molecule has 57 heavy (non-hydrogen) atoms. The van der Waals surface area contributed by atoms with Gasteiger partial charge in [0.1, 0.15) is 0 Å². The molecule has 0 aromatic heterocycles. The first-order chi connectivity index (χ1) is 27.7. The number of methoxy groups -OCH3 is 3. The van der Waals surface area contributed by atoms with Crippen molar-refractivity contribution < 1.29 is 38.1 Å². The maximum Gasteiger partial charge on any atom is 0.333 e. The number of ketones is 1. The summed E-state index contributed by atoms with van der Waals surface area (Å²) in [6.45, 7) is 14.4. The molecule has 3 rings (SSSR count). The summed E-state index contributed by atoms with van der Waals surface area (Å²) < 4.78 is 26.6. The topological polar surface area (TPSA) is 97.4 Å². The van der Waals surface area contributed by atoms with Gasteiger partial charge in [0.25, 0.3) is 6.47 Å². The highest BCUT2D eigenvalue weighted by Crippen LogP contribution is 2.40. The molecule has 1 unspecified atom stereocenters. The number of ether oxygens (including phenoxy) is 5. The van der Waals surface area contributed by atoms with Gasteiger partial charge in [-0.05, 0) is 121 Å². The summed E-state index contributed by atoms with van der Waals surface area (Å²) in [5, 5.41) is 0. The Bertz CT molecular complexity index is 1550. The summed E-state index contributed by atoms with van der Waals surface area (Å²) in [5.74, 6) is 0.905. The van der Waals surface area contributed by atoms with Gasteiger partial charge in [-0.1, -0.05) is 83.0 Å². The van der Waals surface area contributed by atoms with Gasteiger partial charge in [0.05, 0.1) is 26.4 Å². The number of unbranched alkanes of at least 4 members (excludes halogenated alkanes) is 3. The summed E-state index contributed by atoms with van der Waals surface area (Å²) in [7, 11) is 4.87. The third-order valence-electron chi connectivity index (χ3n) is 11.6. The lowest BCUT2D eigenvalue weighted by Gasteiger charge is -2.29. The van der Waals surface area contributed by atoms with Crippen LogP contribution in [0.3, 0.4) is 0 Å². The highest BCUT2D eigenvalue weighted by molar-refractivity contribution is 5.94. The molecule has 1 fully saturated rings. The van der Waals surface area contributed by atoms with Crippen LogP contribution >= 0.6 is 0 Å². The van der Waals surface area contributed by atoms with Crippen LogP contribution in [0.4, 0.5) is 0 Å². The quantitative estimate of drug-likeness (QED) is 0.0334. The van der Waals surface area contributed by atoms with Crippen LogP contribution < -0.4 is 0 Å². The van der Waals surface area contributed by atoms with E-state index in [0.717, 1.165) is 44.4 Å². The number of benzene rings is 2. The molecule has 8 nitrogen and oxygen atoms in total. The van der Waals surface area contributed by atoms with Crippen molar-refractivity contribution in [3.63, 3.8) is 0 Å². The predicted octanol–water partition coefficient (Wildman–Crippen LogP) is 10.3. The lowest BCUT2D eigenvalue weighted by atomic mass is 9.76. The van der Waals surface area contributed by atoms with Crippen molar-refractivity contribution in [1.82, 2.24) is 0 Å². The molecule has 0 bridgehead atoms. The Balaban J connectivity index is 1.89. The molecule has 1 saturated carbocycles. The lowest BCUT2D eigenvalue weighted by molar-refractivity contribution is -0.139. The fourth-order valence-corrected chi connectivity index (χ4v) is 8.43. The van der Waals surface area contributed by atoms with E-state index in [1.807, 2.05) is 0 Å². The summed E-state index contributed by atoms with van der Waals surface area (Å²) >= 11 is 0. The SMILES string of the molecule is C=C(COC)C(=O)CCCCc1cc(-c2ccc(C3CCC(CCCCC)CC3)cc2CC)cc(CCCOC)c1CCOC(=O)C(=C)CC(COC)COC=O. The zero-order valence-electron chi connectivity index (χ0n) is 35.9. The van der Waals surface area contributed by atoms with E-state index in [0.29, 0.717) is 56.0 Å². The van der Waals surface area contributed by atoms with Gasteiger partial charge in [-0.3, -0.25) is 9.59 Å². The smallest absolute Gasteiger partial charge is 0.333 e. The number of hydrogen-bond acceptors (Lipinski definition) is 8. The Labute approximate surface area is 344 Å². The average Bonchev–Trinajstić information content (AvgIpc) is 3.22. The van der Waals surface area contributed by atoms with E-state index >= 15 is 0 Å². The van der Waals surface area contributed by atoms with Crippen molar-refractivity contribution in [3.05, 3.63) is 82.5 Å². The highest BCUT2D eigenvalue weighted by Gasteiger charge is 2.24. The molecule has 1 aliphatic carbocycles. The molecular weight excluding hydrogens is 717 g/mol. The van der Waals surface area contributed by atoms with E-state index in [1.54, 1.807) is 21.3 Å². The molecule has 0 heterocycles. The van der Waals surface area contributed by atoms with Crippen molar-refractivity contribution in [2.75, 3.05) is 54.4 Å². The standard InChI is InChI=1S/C49H72O8/c1-8-10-11-15-38-19-21-41(22-20-38)42-23-24-46(40(9-2)29-42)45-30-43(16-12-13-18-48(51)37(4)32-54-6)47(44(31-45)17-14-26-53-5)25-27-57-49(52)36(3)28-39(33-55-7)34-56-35-50/h23-24,29-31,35,38-39,41H,3-4,8-22,25-28,32-34H2,1-2,5-7H3. The van der Waals surface area contributed by atoms with Crippen molar-refractivity contribution in [3.8, 4) is 11.1 Å². The minimum atomic E-state index is -0.464. The summed E-state index contributed by atoms with van der Waals surface area (Å²) in [5.41, 5.74) is 9.79. The first-order valence-corrected chi connectivity index (χ1v) is 21.5. The van der Waals surface area contributed by atoms with Crippen LogP contribution in [0, 0.1) is 11.8 Å². The van der Waals surface area contributed by atoms with Gasteiger partial charge in [0.2, 0.25) is 0 Å². The van der Waals surface area contributed by atoms with E-state index in [4.69, 9.17) is 23.7 Å². The Kier molecular flexibility index (Phi) is 22.8. The van der Waals surface area contributed by atoms with Gasteiger partial charge in [-0.2, -0.15) is 0 Å². The second kappa shape index (κ2) is 27.2. The third-order valence-corrected chi connectivity index (χ3v) is 11.6. The molecule has 8 heteroatoms. The maximum absolute atomic E-state index is 13.1. The molecule has 2 aromatic carbocycles. The summed E-state index contributed by atoms with van der Waals surface area (Å²) in [4.78, 5) is 36.5. The van der Waals surface area contributed by atoms with Gasteiger partial charge in [0.15, 0.2) is 5.78 Å². The van der Waals surface area contributed by atoms with Crippen molar-refractivity contribution >= 4 is 18.2 Å². The number of hydrogen-bond donors (Lipinski definition) is 0. The van der Waals surface area contributed by atoms with E-state index in [1.165, 1.54) is 90.3 Å². The second-order valence-corrected chi connectivity index (χ2v) is 16.0. The minimum Gasteiger partial charge on any atom is -0.467 e. The zero-order valence-corrected chi connectivity index (χ0v) is 35.9. The molecule has 0 aliphatic heterocycles. The monoisotopic (exact) mass is 789 g/mol. The van der Waals surface area contributed by atoms with E-state index < -0.39 is 5.97 Å². The fraction of sp³-hybridized carbons (Fsp3) is 0.612. The molecule has 2 aromatic rings. The largest absolute Gasteiger partial charge is 0.467 e. The van der Waals surface area contributed by atoms with Gasteiger partial charge >= 0.3 is 5.97 Å². The van der Waals surface area contributed by atoms with Crippen LogP contribution in [0.2, 0.25) is 0 Å². The summed E-state index contributed by atoms with van der Waals surface area (Å²) in [6, 6.07) is 11.9. The molecule has 0 amide bonds. The molecule has 1 atom stereocenters. The number of Topliss-reactive ketones (excluding diaryl/α,β-unsaturated/α-hetero) is 1. The normalized spacial score (nSPS) is 15.9. The number of carbonyl (C=O) groups excluding carboxylic acids is 3. The number of carbonyl (C=O) groups is 3. The van der Waals surface area contributed by atoms with Gasteiger partial charge < -0.3 is 23.7 Å². The third kappa shape index (κ3) is 16.3. The van der Waals surface area contributed by atoms with Gasteiger partial charge in [0, 0.05) is 57.8 Å². The molecule has 0 spiro atoms. The average molecular weight is 789 g/mol. The van der Waals surface area contributed by atoms with Crippen LogP contribution in [0.25, 0.3) is 11.1 Å². The predicted molar refractivity (Wildman–Crippen MR) is 230 cm³/mol. The number of esters is 1. The maximum atomic E-state index is 13.1. The first-order valence-electron chi connectivity index (χ1n) is 21.5. The van der Waals surface area contributed by atoms with Crippen molar-refractivity contribution in [2.45, 2.75) is 129 Å². The first kappa shape index (κ1) is 47.8. The number of aryl methyl sites for hydroxylation is 3. The number of rotatable bonds is 30. The minimum absolute atomic E-state index is 0.0429. The van der Waals surface area contributed by atoms with Crippen molar-refractivity contribution in [1.29, 1.82) is 0 Å². The van der Waals surface area contributed by atoms with E-state index in [9.17, 15) is 14.4 Å². The van der Waals surface area contributed by atoms with E-state index in [2.05, 4.69) is 57.3 Å². The Morgan fingerprint density at radius 3 is 2.18 bits per heavy atom. The zero-order chi connectivity index (χ0) is 41.4. The Morgan fingerprint density at radius 2 is 1.53 bits per heavy atom. The van der Waals surface area contributed by atoms with Crippen LogP contribution in [0.5, 0.6) is 0 Å². The highest BCUT2D eigenvalue weighted by atomic mass is 16.5. The van der Waals surface area contributed by atoms with Gasteiger partial charge in [-0.15, -0.1) is 0 Å². The second-order valence-electron chi connectivity index (χ2n) is 16.0. The van der Waals surface area contributed by atoms with Crippen LogP contribution in [0.15, 0.2) is 54.6 Å². The Hall–Kier alpha value is -3.59. The fourth-order valence-electron chi connectivity index (χ4n) is 8.43. The van der Waals surface area contributed by atoms with E-state index in [-0.39, 0.29) is 31.5 Å². The lowest BCUT2D eigenvalue weighted by Crippen LogP contribution is -2.19.